The molecule has 1 atom stereocenters. The summed E-state index contributed by atoms with van der Waals surface area (Å²) in [6.45, 7) is 4.55. The number of nitrogens with zero attached hydrogens (tertiary/aromatic N) is 3. The van der Waals surface area contributed by atoms with Gasteiger partial charge in [0, 0.05) is 16.7 Å². The number of alkyl halides is 5. The third kappa shape index (κ3) is 6.08. The van der Waals surface area contributed by atoms with Crippen molar-refractivity contribution in [1.29, 1.82) is 0 Å². The number of benzene rings is 3. The van der Waals surface area contributed by atoms with Crippen LogP contribution in [0, 0.1) is 0 Å². The molecular weight excluding hydrogens is 519 g/mol. The number of hydrogen-bond acceptors (Lipinski definition) is 4. The van der Waals surface area contributed by atoms with Crippen LogP contribution in [0.2, 0.25) is 0 Å². The Bertz CT molecular complexity index is 1480. The molecule has 2 N–H and O–H groups in total. The van der Waals surface area contributed by atoms with Crippen molar-refractivity contribution in [3.8, 4) is 0 Å². The van der Waals surface area contributed by atoms with Crippen LogP contribution in [-0.4, -0.2) is 32.1 Å². The normalized spacial score (nSPS) is 13.5. The summed E-state index contributed by atoms with van der Waals surface area (Å²) in [4.78, 5) is 12.5. The molecule has 0 saturated carbocycles. The molecule has 1 aromatic heterocycles. The van der Waals surface area contributed by atoms with Gasteiger partial charge in [-0.05, 0) is 42.3 Å². The zero-order valence-corrected chi connectivity index (χ0v) is 21.4. The Balaban J connectivity index is 1.47. The van der Waals surface area contributed by atoms with Gasteiger partial charge in [-0.3, -0.25) is 4.79 Å². The molecule has 39 heavy (non-hydrogen) atoms. The first-order chi connectivity index (χ1) is 18.2. The summed E-state index contributed by atoms with van der Waals surface area (Å²) in [5.41, 5.74) is 0.139. The second kappa shape index (κ2) is 10.4. The standard InChI is InChI=1S/C28H27F5N4O2/c1-17(38)27(29,30)19-10-8-18(9-11-19)14-25(39)34-20-12-13-24-23(15-20)35-36-37(24)16-26(2,3)21-6-4-5-7-22(21)28(31,32)33/h4-13,15,17,38H,14,16H2,1-3H3,(H,34,39). The number of anilines is 1. The van der Waals surface area contributed by atoms with Crippen molar-refractivity contribution in [1.82, 2.24) is 15.0 Å². The van der Waals surface area contributed by atoms with Crippen LogP contribution >= 0.6 is 0 Å². The number of rotatable bonds is 8. The third-order valence-corrected chi connectivity index (χ3v) is 6.53. The van der Waals surface area contributed by atoms with Gasteiger partial charge >= 0.3 is 6.18 Å². The maximum absolute atomic E-state index is 13.9. The van der Waals surface area contributed by atoms with E-state index in [1.54, 1.807) is 38.1 Å². The molecule has 0 saturated heterocycles. The molecule has 0 aliphatic heterocycles. The quantitative estimate of drug-likeness (QED) is 0.263. The van der Waals surface area contributed by atoms with Gasteiger partial charge in [0.25, 0.3) is 5.92 Å². The molecule has 0 radical (unpaired) electrons. The van der Waals surface area contributed by atoms with Gasteiger partial charge in [0.2, 0.25) is 5.91 Å². The van der Waals surface area contributed by atoms with E-state index in [2.05, 4.69) is 15.6 Å². The lowest BCUT2D eigenvalue weighted by molar-refractivity contribution is -0.138. The predicted octanol–water partition coefficient (Wildman–Crippen LogP) is 6.08. The van der Waals surface area contributed by atoms with E-state index in [-0.39, 0.29) is 30.0 Å². The smallest absolute Gasteiger partial charge is 0.387 e. The van der Waals surface area contributed by atoms with Crippen LogP contribution in [0.1, 0.15) is 43.0 Å². The van der Waals surface area contributed by atoms with Crippen LogP contribution in [0.15, 0.2) is 66.7 Å². The molecule has 0 spiro atoms. The van der Waals surface area contributed by atoms with Crippen LogP contribution in [0.3, 0.4) is 0 Å². The number of fused-ring (bicyclic) bond motifs is 1. The van der Waals surface area contributed by atoms with E-state index in [0.717, 1.165) is 13.0 Å². The number of halogens is 5. The number of carbonyl (C=O) groups is 1. The van der Waals surface area contributed by atoms with Crippen molar-refractivity contribution in [2.24, 2.45) is 0 Å². The molecule has 0 aliphatic rings. The van der Waals surface area contributed by atoms with Crippen molar-refractivity contribution in [3.63, 3.8) is 0 Å². The first-order valence-electron chi connectivity index (χ1n) is 12.1. The van der Waals surface area contributed by atoms with Crippen molar-refractivity contribution in [2.75, 3.05) is 5.32 Å². The molecule has 1 unspecified atom stereocenters. The van der Waals surface area contributed by atoms with Crippen LogP contribution in [0.25, 0.3) is 11.0 Å². The number of carbonyl (C=O) groups excluding carboxylic acids is 1. The van der Waals surface area contributed by atoms with E-state index < -0.39 is 29.2 Å². The van der Waals surface area contributed by atoms with E-state index in [1.165, 1.54) is 41.1 Å². The fraction of sp³-hybridized carbons (Fsp3) is 0.321. The fourth-order valence-corrected chi connectivity index (χ4v) is 4.42. The Morgan fingerprint density at radius 2 is 1.62 bits per heavy atom. The summed E-state index contributed by atoms with van der Waals surface area (Å²) in [5.74, 6) is -3.79. The van der Waals surface area contributed by atoms with Crippen LogP contribution in [0.5, 0.6) is 0 Å². The maximum Gasteiger partial charge on any atom is 0.416 e. The predicted molar refractivity (Wildman–Crippen MR) is 136 cm³/mol. The monoisotopic (exact) mass is 546 g/mol. The second-order valence-electron chi connectivity index (χ2n) is 10.1. The number of hydrogen-bond donors (Lipinski definition) is 2. The van der Waals surface area contributed by atoms with Crippen LogP contribution in [0.4, 0.5) is 27.6 Å². The Kier molecular flexibility index (Phi) is 7.48. The van der Waals surface area contributed by atoms with Crippen LogP contribution in [-0.2, 0) is 35.3 Å². The SMILES string of the molecule is CC(O)C(F)(F)c1ccc(CC(=O)Nc2ccc3c(c2)nnn3CC(C)(C)c2ccccc2C(F)(F)F)cc1. The molecule has 1 amide bonds. The lowest BCUT2D eigenvalue weighted by atomic mass is 9.81. The van der Waals surface area contributed by atoms with Gasteiger partial charge in [0.15, 0.2) is 0 Å². The Labute approximate surface area is 221 Å². The molecule has 206 valence electrons. The summed E-state index contributed by atoms with van der Waals surface area (Å²) in [6, 6.07) is 15.5. The zero-order chi connectivity index (χ0) is 28.6. The minimum atomic E-state index is -4.49. The molecule has 0 bridgehead atoms. The molecule has 0 fully saturated rings. The third-order valence-electron chi connectivity index (χ3n) is 6.53. The van der Waals surface area contributed by atoms with Gasteiger partial charge in [0.1, 0.15) is 11.6 Å². The van der Waals surface area contributed by atoms with E-state index in [9.17, 15) is 31.9 Å². The van der Waals surface area contributed by atoms with Crippen molar-refractivity contribution >= 4 is 22.6 Å². The van der Waals surface area contributed by atoms with Gasteiger partial charge in [-0.2, -0.15) is 22.0 Å². The maximum atomic E-state index is 13.9. The molecular formula is C28H27F5N4O2. The minimum absolute atomic E-state index is 0.0714. The summed E-state index contributed by atoms with van der Waals surface area (Å²) in [5, 5.41) is 20.2. The number of amides is 1. The summed E-state index contributed by atoms with van der Waals surface area (Å²) >= 11 is 0. The van der Waals surface area contributed by atoms with E-state index in [4.69, 9.17) is 0 Å². The average Bonchev–Trinajstić information content (AvgIpc) is 3.25. The number of aliphatic hydroxyl groups excluding tert-OH is 1. The Morgan fingerprint density at radius 3 is 2.23 bits per heavy atom. The molecule has 1 heterocycles. The van der Waals surface area contributed by atoms with Gasteiger partial charge in [-0.1, -0.05) is 61.5 Å². The molecule has 4 rings (SSSR count). The largest absolute Gasteiger partial charge is 0.416 e. The fourth-order valence-electron chi connectivity index (χ4n) is 4.42. The van der Waals surface area contributed by atoms with Gasteiger partial charge in [-0.25, -0.2) is 4.68 Å². The molecule has 0 aliphatic carbocycles. The first-order valence-corrected chi connectivity index (χ1v) is 12.1. The van der Waals surface area contributed by atoms with Crippen LogP contribution < -0.4 is 5.32 Å². The van der Waals surface area contributed by atoms with E-state index in [0.29, 0.717) is 22.3 Å². The molecule has 6 nitrogen and oxygen atoms in total. The Hall–Kier alpha value is -3.86. The molecule has 11 heteroatoms. The number of aromatic nitrogens is 3. The summed E-state index contributed by atoms with van der Waals surface area (Å²) in [6.07, 6.45) is -6.41. The lowest BCUT2D eigenvalue weighted by Crippen LogP contribution is -2.28. The van der Waals surface area contributed by atoms with Crippen molar-refractivity contribution < 1.29 is 31.9 Å². The topological polar surface area (TPSA) is 80.0 Å². The summed E-state index contributed by atoms with van der Waals surface area (Å²) in [7, 11) is 0. The van der Waals surface area contributed by atoms with Crippen molar-refractivity contribution in [3.05, 3.63) is 89.0 Å². The molecule has 4 aromatic rings. The highest BCUT2D eigenvalue weighted by molar-refractivity contribution is 5.94. The minimum Gasteiger partial charge on any atom is -0.387 e. The average molecular weight is 547 g/mol. The number of aliphatic hydroxyl groups is 1. The zero-order valence-electron chi connectivity index (χ0n) is 21.4. The van der Waals surface area contributed by atoms with E-state index in [1.807, 2.05) is 0 Å². The highest BCUT2D eigenvalue weighted by Gasteiger charge is 2.38. The number of nitrogens with one attached hydrogen (secondary N) is 1. The highest BCUT2D eigenvalue weighted by atomic mass is 19.4. The van der Waals surface area contributed by atoms with Crippen molar-refractivity contribution in [2.45, 2.75) is 57.4 Å². The second-order valence-corrected chi connectivity index (χ2v) is 10.1. The Morgan fingerprint density at radius 1 is 0.974 bits per heavy atom. The van der Waals surface area contributed by atoms with Gasteiger partial charge < -0.3 is 10.4 Å². The molecule has 3 aromatic carbocycles. The summed E-state index contributed by atoms with van der Waals surface area (Å²) < 4.78 is 70.2. The van der Waals surface area contributed by atoms with E-state index >= 15 is 0 Å². The first kappa shape index (κ1) is 28.2. The highest BCUT2D eigenvalue weighted by Crippen LogP contribution is 2.38. The van der Waals surface area contributed by atoms with Gasteiger partial charge in [-0.15, -0.1) is 5.10 Å². The van der Waals surface area contributed by atoms with Gasteiger partial charge in [0.05, 0.1) is 24.0 Å². The lowest BCUT2D eigenvalue weighted by Gasteiger charge is -2.28.